The third kappa shape index (κ3) is 12.2. The van der Waals surface area contributed by atoms with E-state index in [1.807, 2.05) is 19.9 Å². The van der Waals surface area contributed by atoms with Crippen molar-refractivity contribution in [3.05, 3.63) is 0 Å². The van der Waals surface area contributed by atoms with E-state index >= 15 is 0 Å². The van der Waals surface area contributed by atoms with Crippen LogP contribution in [-0.2, 0) is 9.26 Å². The highest BCUT2D eigenvalue weighted by Gasteiger charge is 2.24. The highest BCUT2D eigenvalue weighted by atomic mass is 127. The molecular weight excluding hydrogens is 531 g/mol. The molecule has 0 spiro atoms. The van der Waals surface area contributed by atoms with E-state index in [9.17, 15) is 4.89 Å². The summed E-state index contributed by atoms with van der Waals surface area (Å²) < 4.78 is 11.2. The average Bonchev–Trinajstić information content (AvgIpc) is 2.33. The number of hydrogen-bond donors (Lipinski definition) is 1. The second-order valence-electron chi connectivity index (χ2n) is 3.61. The summed E-state index contributed by atoms with van der Waals surface area (Å²) in [5.74, 6) is 1.02. The van der Waals surface area contributed by atoms with Crippen molar-refractivity contribution < 1.29 is 14.2 Å². The molecule has 19 heavy (non-hydrogen) atoms. The number of halogens is 2. The summed E-state index contributed by atoms with van der Waals surface area (Å²) in [4.78, 5) is 9.86. The van der Waals surface area contributed by atoms with Gasteiger partial charge >= 0.3 is 0 Å². The summed E-state index contributed by atoms with van der Waals surface area (Å²) >= 11 is 5.93. The molecule has 0 fully saturated rings. The van der Waals surface area contributed by atoms with Crippen LogP contribution >= 0.6 is 71.7 Å². The molecule has 0 saturated heterocycles. The first-order valence-corrected chi connectivity index (χ1v) is 13.2. The fourth-order valence-electron chi connectivity index (χ4n) is 1.23. The van der Waals surface area contributed by atoms with E-state index in [-0.39, 0.29) is 22.1 Å². The highest BCUT2D eigenvalue weighted by molar-refractivity contribution is 14.2. The van der Waals surface area contributed by atoms with Gasteiger partial charge in [-0.25, -0.2) is 0 Å². The zero-order valence-electron chi connectivity index (χ0n) is 10.8. The molecule has 112 valence electrons. The van der Waals surface area contributed by atoms with Crippen molar-refractivity contribution in [1.82, 2.24) is 0 Å². The van der Waals surface area contributed by atoms with Gasteiger partial charge in [-0.3, -0.25) is 0 Å². The molecule has 4 atom stereocenters. The van der Waals surface area contributed by atoms with Gasteiger partial charge in [-0.2, -0.15) is 5.26 Å². The minimum absolute atomic E-state index is 0.0668. The molecule has 4 nitrogen and oxygen atoms in total. The Hall–Kier alpha value is 1.96. The van der Waals surface area contributed by atoms with Crippen molar-refractivity contribution >= 4 is 71.7 Å². The van der Waals surface area contributed by atoms with Gasteiger partial charge in [0, 0.05) is 11.0 Å². The van der Waals surface area contributed by atoms with Crippen molar-refractivity contribution in [3.63, 3.8) is 0 Å². The van der Waals surface area contributed by atoms with Crippen LogP contribution in [0.4, 0.5) is 0 Å². The molecule has 0 radical (unpaired) electrons. The molecule has 0 aromatic heterocycles. The SMILES string of the molecule is CC(I)OC(C)C(CCSI)SP(O)OCCC#N. The Labute approximate surface area is 150 Å². The normalized spacial score (nSPS) is 17.5. The maximum absolute atomic E-state index is 9.86. The molecule has 0 amide bonds. The largest absolute Gasteiger partial charge is 0.364 e. The van der Waals surface area contributed by atoms with Gasteiger partial charge in [-0.15, -0.1) is 0 Å². The standard InChI is InChI=1S/C10H18I2NO3PS2/c1-8(16-9(2)11)10(4-7-18-12)19-17(14)15-6-3-5-13/h8-10,14H,3-4,6-7H2,1-2H3. The summed E-state index contributed by atoms with van der Waals surface area (Å²) in [6.45, 7) is 4.32. The number of ether oxygens (including phenoxy) is 1. The van der Waals surface area contributed by atoms with Gasteiger partial charge in [-0.05, 0) is 41.5 Å². The van der Waals surface area contributed by atoms with Crippen LogP contribution in [0.15, 0.2) is 0 Å². The van der Waals surface area contributed by atoms with Crippen LogP contribution in [0.2, 0.25) is 0 Å². The monoisotopic (exact) mass is 549 g/mol. The van der Waals surface area contributed by atoms with Crippen LogP contribution in [0.1, 0.15) is 26.7 Å². The third-order valence-corrected chi connectivity index (χ3v) is 7.19. The molecular formula is C10H18I2NO3PS2. The Morgan fingerprint density at radius 1 is 1.47 bits per heavy atom. The highest BCUT2D eigenvalue weighted by Crippen LogP contribution is 2.51. The summed E-state index contributed by atoms with van der Waals surface area (Å²) in [6.07, 6.45) is 1.34. The van der Waals surface area contributed by atoms with Crippen molar-refractivity contribution in [3.8, 4) is 6.07 Å². The van der Waals surface area contributed by atoms with Gasteiger partial charge < -0.3 is 14.2 Å². The first-order chi connectivity index (χ1) is 9.01. The van der Waals surface area contributed by atoms with E-state index in [4.69, 9.17) is 14.5 Å². The van der Waals surface area contributed by atoms with E-state index in [0.29, 0.717) is 6.42 Å². The topological polar surface area (TPSA) is 62.5 Å². The lowest BCUT2D eigenvalue weighted by molar-refractivity contribution is 0.0634. The fourth-order valence-corrected chi connectivity index (χ4v) is 5.88. The predicted molar refractivity (Wildman–Crippen MR) is 102 cm³/mol. The second-order valence-corrected chi connectivity index (χ2v) is 11.0. The molecule has 0 aliphatic rings. The van der Waals surface area contributed by atoms with Crippen LogP contribution in [0.5, 0.6) is 0 Å². The Morgan fingerprint density at radius 2 is 2.16 bits per heavy atom. The summed E-state index contributed by atoms with van der Waals surface area (Å²) in [5, 5.41) is 8.64. The molecule has 0 saturated carbocycles. The smallest absolute Gasteiger partial charge is 0.235 e. The molecule has 9 heteroatoms. The molecule has 0 rings (SSSR count). The quantitative estimate of drug-likeness (QED) is 0.171. The lowest BCUT2D eigenvalue weighted by Crippen LogP contribution is -2.25. The first kappa shape index (κ1) is 21.0. The summed E-state index contributed by atoms with van der Waals surface area (Å²) in [7, 11) is 0.222. The van der Waals surface area contributed by atoms with Crippen LogP contribution < -0.4 is 0 Å². The summed E-state index contributed by atoms with van der Waals surface area (Å²) in [6, 6.07) is 1.99. The minimum atomic E-state index is -1.53. The lowest BCUT2D eigenvalue weighted by Gasteiger charge is -2.25. The Morgan fingerprint density at radius 3 is 2.68 bits per heavy atom. The molecule has 4 unspecified atom stereocenters. The van der Waals surface area contributed by atoms with Gasteiger partial charge in [0.25, 0.3) is 0 Å². The number of alkyl halides is 1. The lowest BCUT2D eigenvalue weighted by atomic mass is 10.2. The molecule has 0 aliphatic carbocycles. The number of rotatable bonds is 11. The number of nitriles is 1. The van der Waals surface area contributed by atoms with Crippen molar-refractivity contribution in [2.75, 3.05) is 12.4 Å². The Bertz CT molecular complexity index is 272. The maximum Gasteiger partial charge on any atom is 0.235 e. The fraction of sp³-hybridized carbons (Fsp3) is 0.900. The van der Waals surface area contributed by atoms with E-state index < -0.39 is 7.58 Å². The molecule has 0 aliphatic heterocycles. The van der Waals surface area contributed by atoms with Gasteiger partial charge in [0.2, 0.25) is 7.58 Å². The predicted octanol–water partition coefficient (Wildman–Crippen LogP) is 4.90. The van der Waals surface area contributed by atoms with Crippen LogP contribution in [0.25, 0.3) is 0 Å². The molecule has 0 heterocycles. The van der Waals surface area contributed by atoms with E-state index in [1.54, 1.807) is 8.93 Å². The van der Waals surface area contributed by atoms with Crippen LogP contribution in [-0.4, -0.2) is 32.7 Å². The van der Waals surface area contributed by atoms with E-state index in [2.05, 4.69) is 43.8 Å². The van der Waals surface area contributed by atoms with Crippen molar-refractivity contribution in [2.24, 2.45) is 0 Å². The molecule has 0 aromatic carbocycles. The van der Waals surface area contributed by atoms with Gasteiger partial charge in [-0.1, -0.05) is 42.9 Å². The third-order valence-electron chi connectivity index (χ3n) is 2.05. The number of nitrogens with zero attached hydrogens (tertiary/aromatic N) is 1. The Balaban J connectivity index is 4.20. The molecule has 1 N–H and O–H groups in total. The Kier molecular flexibility index (Phi) is 15.0. The maximum atomic E-state index is 9.86. The summed E-state index contributed by atoms with van der Waals surface area (Å²) in [5.41, 5.74) is 0. The number of hydrogen-bond acceptors (Lipinski definition) is 6. The zero-order chi connectivity index (χ0) is 14.7. The van der Waals surface area contributed by atoms with Crippen molar-refractivity contribution in [1.29, 1.82) is 5.26 Å². The minimum Gasteiger partial charge on any atom is -0.364 e. The van der Waals surface area contributed by atoms with Crippen LogP contribution in [0, 0.1) is 11.3 Å². The van der Waals surface area contributed by atoms with Gasteiger partial charge in [0.1, 0.15) is 4.11 Å². The first-order valence-electron chi connectivity index (χ1n) is 5.70. The molecule has 0 aromatic rings. The zero-order valence-corrected chi connectivity index (χ0v) is 17.6. The average molecular weight is 549 g/mol. The van der Waals surface area contributed by atoms with Crippen molar-refractivity contribution in [2.45, 2.75) is 42.2 Å². The molecule has 0 bridgehead atoms. The van der Waals surface area contributed by atoms with E-state index in [1.165, 1.54) is 11.4 Å². The van der Waals surface area contributed by atoms with Crippen LogP contribution in [0.3, 0.4) is 0 Å². The van der Waals surface area contributed by atoms with E-state index in [0.717, 1.165) is 12.2 Å². The van der Waals surface area contributed by atoms with Gasteiger partial charge in [0.15, 0.2) is 0 Å². The van der Waals surface area contributed by atoms with Gasteiger partial charge in [0.05, 0.1) is 25.2 Å². The second kappa shape index (κ2) is 13.6.